The third-order valence-electron chi connectivity index (χ3n) is 2.46. The van der Waals surface area contributed by atoms with E-state index in [1.54, 1.807) is 38.9 Å². The van der Waals surface area contributed by atoms with Crippen LogP contribution in [0.5, 0.6) is 0 Å². The van der Waals surface area contributed by atoms with Gasteiger partial charge in [-0.15, -0.1) is 0 Å². The second-order valence-electron chi connectivity index (χ2n) is 4.11. The number of furan rings is 1. The number of anilines is 1. The van der Waals surface area contributed by atoms with E-state index in [9.17, 15) is 4.79 Å². The molecule has 0 saturated heterocycles. The first-order chi connectivity index (χ1) is 8.66. The van der Waals surface area contributed by atoms with Gasteiger partial charge in [0.05, 0.1) is 12.5 Å². The molecule has 0 radical (unpaired) electrons. The first-order valence-corrected chi connectivity index (χ1v) is 5.59. The third kappa shape index (κ3) is 2.88. The van der Waals surface area contributed by atoms with Gasteiger partial charge in [0.15, 0.2) is 0 Å². The standard InChI is InChI=1S/C13H15N3O2/c1-16(2)13(17)12-7-11(3-5-14-12)15-8-10-4-6-18-9-10/h3-7,9H,8H2,1-2H3,(H,14,15). The van der Waals surface area contributed by atoms with E-state index in [1.807, 2.05) is 12.1 Å². The van der Waals surface area contributed by atoms with Crippen LogP contribution < -0.4 is 5.32 Å². The molecular weight excluding hydrogens is 230 g/mol. The van der Waals surface area contributed by atoms with Gasteiger partial charge in [0.1, 0.15) is 5.69 Å². The fourth-order valence-corrected chi connectivity index (χ4v) is 1.48. The monoisotopic (exact) mass is 245 g/mol. The smallest absolute Gasteiger partial charge is 0.272 e. The lowest BCUT2D eigenvalue weighted by atomic mass is 10.2. The summed E-state index contributed by atoms with van der Waals surface area (Å²) in [5.41, 5.74) is 2.33. The number of aromatic nitrogens is 1. The number of carbonyl (C=O) groups excluding carboxylic acids is 1. The highest BCUT2D eigenvalue weighted by Gasteiger charge is 2.09. The maximum absolute atomic E-state index is 11.8. The highest BCUT2D eigenvalue weighted by atomic mass is 16.3. The molecule has 0 saturated carbocycles. The van der Waals surface area contributed by atoms with Crippen LogP contribution in [0.3, 0.4) is 0 Å². The molecule has 18 heavy (non-hydrogen) atoms. The molecule has 0 aromatic carbocycles. The summed E-state index contributed by atoms with van der Waals surface area (Å²) < 4.78 is 4.98. The van der Waals surface area contributed by atoms with E-state index in [0.717, 1.165) is 11.3 Å². The Hall–Kier alpha value is -2.30. The van der Waals surface area contributed by atoms with Crippen LogP contribution >= 0.6 is 0 Å². The summed E-state index contributed by atoms with van der Waals surface area (Å²) in [6, 6.07) is 5.45. The van der Waals surface area contributed by atoms with Gasteiger partial charge < -0.3 is 14.6 Å². The fraction of sp³-hybridized carbons (Fsp3) is 0.231. The molecule has 0 spiro atoms. The first kappa shape index (κ1) is 12.2. The molecule has 0 aliphatic rings. The lowest BCUT2D eigenvalue weighted by Gasteiger charge is -2.10. The lowest BCUT2D eigenvalue weighted by molar-refractivity contribution is 0.0822. The van der Waals surface area contributed by atoms with E-state index in [2.05, 4.69) is 10.3 Å². The predicted octanol–water partition coefficient (Wildman–Crippen LogP) is 1.99. The van der Waals surface area contributed by atoms with Gasteiger partial charge in [-0.2, -0.15) is 0 Å². The van der Waals surface area contributed by atoms with Crippen molar-refractivity contribution in [3.05, 3.63) is 48.2 Å². The summed E-state index contributed by atoms with van der Waals surface area (Å²) in [7, 11) is 3.41. The molecule has 2 rings (SSSR count). The molecule has 5 heteroatoms. The maximum Gasteiger partial charge on any atom is 0.272 e. The Kier molecular flexibility index (Phi) is 3.62. The molecular formula is C13H15N3O2. The zero-order valence-corrected chi connectivity index (χ0v) is 10.4. The zero-order chi connectivity index (χ0) is 13.0. The van der Waals surface area contributed by atoms with Gasteiger partial charge in [-0.05, 0) is 18.2 Å². The van der Waals surface area contributed by atoms with Crippen molar-refractivity contribution in [2.45, 2.75) is 6.54 Å². The van der Waals surface area contributed by atoms with Crippen molar-refractivity contribution in [2.75, 3.05) is 19.4 Å². The van der Waals surface area contributed by atoms with E-state index in [1.165, 1.54) is 4.90 Å². The first-order valence-electron chi connectivity index (χ1n) is 5.59. The van der Waals surface area contributed by atoms with E-state index in [0.29, 0.717) is 12.2 Å². The normalized spacial score (nSPS) is 10.1. The SMILES string of the molecule is CN(C)C(=O)c1cc(NCc2ccoc2)ccn1. The van der Waals surface area contributed by atoms with Crippen molar-refractivity contribution in [3.8, 4) is 0 Å². The van der Waals surface area contributed by atoms with Crippen molar-refractivity contribution >= 4 is 11.6 Å². The van der Waals surface area contributed by atoms with Crippen LogP contribution in [0.2, 0.25) is 0 Å². The molecule has 0 bridgehead atoms. The summed E-state index contributed by atoms with van der Waals surface area (Å²) in [5, 5.41) is 3.21. The minimum Gasteiger partial charge on any atom is -0.472 e. The zero-order valence-electron chi connectivity index (χ0n) is 10.4. The minimum atomic E-state index is -0.109. The molecule has 1 N–H and O–H groups in total. The van der Waals surface area contributed by atoms with Gasteiger partial charge in [0.2, 0.25) is 0 Å². The van der Waals surface area contributed by atoms with Gasteiger partial charge in [-0.1, -0.05) is 0 Å². The molecule has 1 amide bonds. The van der Waals surface area contributed by atoms with Crippen LogP contribution in [-0.4, -0.2) is 29.9 Å². The Morgan fingerprint density at radius 1 is 1.44 bits per heavy atom. The molecule has 0 unspecified atom stereocenters. The second kappa shape index (κ2) is 5.35. The number of nitrogens with zero attached hydrogens (tertiary/aromatic N) is 2. The highest BCUT2D eigenvalue weighted by Crippen LogP contribution is 2.11. The summed E-state index contributed by atoms with van der Waals surface area (Å²) in [4.78, 5) is 17.3. The van der Waals surface area contributed by atoms with Crippen molar-refractivity contribution in [1.29, 1.82) is 0 Å². The number of hydrogen-bond acceptors (Lipinski definition) is 4. The lowest BCUT2D eigenvalue weighted by Crippen LogP contribution is -2.22. The topological polar surface area (TPSA) is 58.4 Å². The van der Waals surface area contributed by atoms with E-state index in [-0.39, 0.29) is 5.91 Å². The molecule has 2 aromatic rings. The number of nitrogens with one attached hydrogen (secondary N) is 1. The number of amides is 1. The van der Waals surface area contributed by atoms with Crippen LogP contribution in [0.25, 0.3) is 0 Å². The second-order valence-corrected chi connectivity index (χ2v) is 4.11. The number of carbonyl (C=O) groups is 1. The largest absolute Gasteiger partial charge is 0.472 e. The summed E-state index contributed by atoms with van der Waals surface area (Å²) in [6.45, 7) is 0.649. The molecule has 2 aromatic heterocycles. The third-order valence-corrected chi connectivity index (χ3v) is 2.46. The Labute approximate surface area is 105 Å². The van der Waals surface area contributed by atoms with Crippen LogP contribution in [0.4, 0.5) is 5.69 Å². The average Bonchev–Trinajstić information content (AvgIpc) is 2.89. The minimum absolute atomic E-state index is 0.109. The van der Waals surface area contributed by atoms with Gasteiger partial charge in [-0.3, -0.25) is 9.78 Å². The van der Waals surface area contributed by atoms with Crippen LogP contribution in [0, 0.1) is 0 Å². The van der Waals surface area contributed by atoms with Crippen molar-refractivity contribution in [2.24, 2.45) is 0 Å². The van der Waals surface area contributed by atoms with E-state index in [4.69, 9.17) is 4.42 Å². The summed E-state index contributed by atoms with van der Waals surface area (Å²) >= 11 is 0. The van der Waals surface area contributed by atoms with E-state index < -0.39 is 0 Å². The van der Waals surface area contributed by atoms with Gasteiger partial charge in [0.25, 0.3) is 5.91 Å². The van der Waals surface area contributed by atoms with Crippen LogP contribution in [0.1, 0.15) is 16.1 Å². The van der Waals surface area contributed by atoms with Crippen LogP contribution in [0.15, 0.2) is 41.3 Å². The average molecular weight is 245 g/mol. The fourth-order valence-electron chi connectivity index (χ4n) is 1.48. The van der Waals surface area contributed by atoms with Gasteiger partial charge >= 0.3 is 0 Å². The predicted molar refractivity (Wildman–Crippen MR) is 68.3 cm³/mol. The summed E-state index contributed by atoms with van der Waals surface area (Å²) in [6.07, 6.45) is 4.93. The number of rotatable bonds is 4. The number of hydrogen-bond donors (Lipinski definition) is 1. The molecule has 94 valence electrons. The van der Waals surface area contributed by atoms with Crippen molar-refractivity contribution < 1.29 is 9.21 Å². The highest BCUT2D eigenvalue weighted by molar-refractivity contribution is 5.92. The van der Waals surface area contributed by atoms with Crippen LogP contribution in [-0.2, 0) is 6.54 Å². The van der Waals surface area contributed by atoms with Gasteiger partial charge in [-0.25, -0.2) is 0 Å². The molecule has 0 aliphatic heterocycles. The van der Waals surface area contributed by atoms with E-state index >= 15 is 0 Å². The summed E-state index contributed by atoms with van der Waals surface area (Å²) in [5.74, 6) is -0.109. The number of pyridine rings is 1. The van der Waals surface area contributed by atoms with Crippen molar-refractivity contribution in [1.82, 2.24) is 9.88 Å². The molecule has 0 aliphatic carbocycles. The Morgan fingerprint density at radius 2 is 2.28 bits per heavy atom. The molecule has 2 heterocycles. The maximum atomic E-state index is 11.8. The molecule has 0 atom stereocenters. The Bertz CT molecular complexity index is 521. The van der Waals surface area contributed by atoms with Crippen molar-refractivity contribution in [3.63, 3.8) is 0 Å². The van der Waals surface area contributed by atoms with Gasteiger partial charge in [0, 0.05) is 38.1 Å². The Morgan fingerprint density at radius 3 is 2.94 bits per heavy atom. The molecule has 0 fully saturated rings. The molecule has 5 nitrogen and oxygen atoms in total. The Balaban J connectivity index is 2.05. The quantitative estimate of drug-likeness (QED) is 0.895.